The summed E-state index contributed by atoms with van der Waals surface area (Å²) in [5.74, 6) is 1.37. The van der Waals surface area contributed by atoms with E-state index in [1.54, 1.807) is 27.5 Å². The molecule has 0 aromatic carbocycles. The van der Waals surface area contributed by atoms with E-state index >= 15 is 0 Å². The van der Waals surface area contributed by atoms with E-state index < -0.39 is 0 Å². The van der Waals surface area contributed by atoms with Gasteiger partial charge in [-0.25, -0.2) is 4.98 Å². The van der Waals surface area contributed by atoms with Crippen LogP contribution in [0, 0.1) is 0 Å². The summed E-state index contributed by atoms with van der Waals surface area (Å²) in [6.07, 6.45) is 2.75. The molecule has 8 nitrogen and oxygen atoms in total. The lowest BCUT2D eigenvalue weighted by molar-refractivity contribution is 0.143. The molecule has 1 heterocycles. The second-order valence-electron chi connectivity index (χ2n) is 5.81. The summed E-state index contributed by atoms with van der Waals surface area (Å²) in [6, 6.07) is 3.88. The normalized spacial score (nSPS) is 11.2. The maximum Gasteiger partial charge on any atom is 0.218 e. The van der Waals surface area contributed by atoms with Crippen LogP contribution in [0.1, 0.15) is 12.0 Å². The van der Waals surface area contributed by atoms with Crippen LogP contribution in [0.15, 0.2) is 23.3 Å². The largest absolute Gasteiger partial charge is 0.475 e. The smallest absolute Gasteiger partial charge is 0.218 e. The highest BCUT2D eigenvalue weighted by molar-refractivity contribution is 14.0. The summed E-state index contributed by atoms with van der Waals surface area (Å²) >= 11 is 0. The van der Waals surface area contributed by atoms with E-state index in [0.29, 0.717) is 25.6 Å². The van der Waals surface area contributed by atoms with E-state index in [1.165, 1.54) is 0 Å². The van der Waals surface area contributed by atoms with Gasteiger partial charge in [0.2, 0.25) is 5.88 Å². The fourth-order valence-corrected chi connectivity index (χ4v) is 2.27. The minimum Gasteiger partial charge on any atom is -0.475 e. The maximum atomic E-state index is 5.65. The Balaban J connectivity index is 0.00000676. The van der Waals surface area contributed by atoms with Crippen LogP contribution in [0.25, 0.3) is 0 Å². The first-order chi connectivity index (χ1) is 12.7. The Morgan fingerprint density at radius 3 is 2.63 bits per heavy atom. The zero-order valence-corrected chi connectivity index (χ0v) is 19.2. The number of likely N-dealkylation sites (N-methyl/N-ethyl adjacent to an activating group) is 1. The van der Waals surface area contributed by atoms with Crippen molar-refractivity contribution in [3.63, 3.8) is 0 Å². The molecule has 0 saturated carbocycles. The van der Waals surface area contributed by atoms with E-state index in [9.17, 15) is 0 Å². The van der Waals surface area contributed by atoms with Gasteiger partial charge in [-0.2, -0.15) is 0 Å². The Morgan fingerprint density at radius 1 is 1.15 bits per heavy atom. The van der Waals surface area contributed by atoms with Gasteiger partial charge < -0.3 is 29.7 Å². The van der Waals surface area contributed by atoms with Crippen molar-refractivity contribution >= 4 is 29.9 Å². The van der Waals surface area contributed by atoms with Crippen LogP contribution >= 0.6 is 24.0 Å². The number of aromatic nitrogens is 1. The number of methoxy groups -OCH3 is 2. The van der Waals surface area contributed by atoms with Crippen molar-refractivity contribution in [3.05, 3.63) is 23.9 Å². The third-order valence-electron chi connectivity index (χ3n) is 3.72. The molecule has 2 N–H and O–H groups in total. The first-order valence-electron chi connectivity index (χ1n) is 8.88. The average molecular weight is 495 g/mol. The van der Waals surface area contributed by atoms with Gasteiger partial charge in [-0.1, -0.05) is 6.07 Å². The molecule has 156 valence electrons. The van der Waals surface area contributed by atoms with Gasteiger partial charge >= 0.3 is 0 Å². The topological polar surface area (TPSA) is 80.2 Å². The zero-order chi connectivity index (χ0) is 19.0. The van der Waals surface area contributed by atoms with E-state index in [-0.39, 0.29) is 24.0 Å². The van der Waals surface area contributed by atoms with E-state index in [2.05, 4.69) is 32.6 Å². The van der Waals surface area contributed by atoms with Gasteiger partial charge in [0.15, 0.2) is 5.96 Å². The van der Waals surface area contributed by atoms with Crippen LogP contribution in [0.5, 0.6) is 5.88 Å². The summed E-state index contributed by atoms with van der Waals surface area (Å²) in [7, 11) is 7.24. The van der Waals surface area contributed by atoms with Crippen molar-refractivity contribution in [3.8, 4) is 5.88 Å². The first-order valence-corrected chi connectivity index (χ1v) is 8.88. The highest BCUT2D eigenvalue weighted by Crippen LogP contribution is 2.13. The molecule has 0 aliphatic heterocycles. The van der Waals surface area contributed by atoms with Crippen LogP contribution in [-0.4, -0.2) is 83.6 Å². The van der Waals surface area contributed by atoms with Crippen molar-refractivity contribution in [2.75, 3.05) is 67.8 Å². The van der Waals surface area contributed by atoms with Gasteiger partial charge in [0.05, 0.1) is 6.61 Å². The number of aliphatic imine (C=N–C) groups is 1. The Morgan fingerprint density at radius 2 is 1.93 bits per heavy atom. The first kappa shape index (κ1) is 25.8. The zero-order valence-electron chi connectivity index (χ0n) is 16.9. The van der Waals surface area contributed by atoms with Crippen LogP contribution in [-0.2, 0) is 16.0 Å². The van der Waals surface area contributed by atoms with Gasteiger partial charge in [-0.15, -0.1) is 24.0 Å². The summed E-state index contributed by atoms with van der Waals surface area (Å²) in [5, 5.41) is 6.61. The number of pyridine rings is 1. The molecule has 0 fully saturated rings. The van der Waals surface area contributed by atoms with E-state index in [0.717, 1.165) is 44.2 Å². The minimum absolute atomic E-state index is 0. The maximum absolute atomic E-state index is 5.65. The molecule has 1 aromatic rings. The van der Waals surface area contributed by atoms with Crippen molar-refractivity contribution in [1.82, 2.24) is 20.5 Å². The second-order valence-corrected chi connectivity index (χ2v) is 5.81. The van der Waals surface area contributed by atoms with Gasteiger partial charge in [-0.3, -0.25) is 4.99 Å². The molecule has 0 aliphatic rings. The molecule has 1 rings (SSSR count). The van der Waals surface area contributed by atoms with Crippen LogP contribution in [0.4, 0.5) is 0 Å². The molecule has 9 heteroatoms. The Bertz CT molecular complexity index is 520. The Hall–Kier alpha value is -1.17. The molecule has 0 saturated heterocycles. The Kier molecular flexibility index (Phi) is 16.2. The van der Waals surface area contributed by atoms with E-state index in [4.69, 9.17) is 14.2 Å². The molecule has 0 amide bonds. The number of halogens is 1. The van der Waals surface area contributed by atoms with Gasteiger partial charge in [0.25, 0.3) is 0 Å². The number of hydrogen-bond acceptors (Lipinski definition) is 6. The van der Waals surface area contributed by atoms with E-state index in [1.807, 2.05) is 12.1 Å². The number of hydrogen-bond donors (Lipinski definition) is 2. The highest BCUT2D eigenvalue weighted by atomic mass is 127. The predicted molar refractivity (Wildman–Crippen MR) is 119 cm³/mol. The Labute approximate surface area is 180 Å². The monoisotopic (exact) mass is 495 g/mol. The molecule has 0 atom stereocenters. The number of guanidine groups is 1. The van der Waals surface area contributed by atoms with Crippen molar-refractivity contribution in [1.29, 1.82) is 0 Å². The standard InChI is InChI=1S/C18H33N5O3.HI/c1-19-18(21-9-11-23(2)10-6-12-24-3)22-15-16-7-5-8-20-17(16)26-14-13-25-4;/h5,7-8H,6,9-15H2,1-4H3,(H2,19,21,22);1H. The molecule has 0 radical (unpaired) electrons. The van der Waals surface area contributed by atoms with Crippen molar-refractivity contribution in [2.45, 2.75) is 13.0 Å². The third-order valence-corrected chi connectivity index (χ3v) is 3.72. The fourth-order valence-electron chi connectivity index (χ4n) is 2.27. The van der Waals surface area contributed by atoms with Gasteiger partial charge in [0.1, 0.15) is 6.61 Å². The quantitative estimate of drug-likeness (QED) is 0.185. The fraction of sp³-hybridized carbons (Fsp3) is 0.667. The number of nitrogens with one attached hydrogen (secondary N) is 2. The lowest BCUT2D eigenvalue weighted by atomic mass is 10.2. The summed E-state index contributed by atoms with van der Waals surface area (Å²) < 4.78 is 15.7. The highest BCUT2D eigenvalue weighted by Gasteiger charge is 2.06. The van der Waals surface area contributed by atoms with Crippen LogP contribution in [0.2, 0.25) is 0 Å². The molecular weight excluding hydrogens is 461 g/mol. The second kappa shape index (κ2) is 17.0. The molecular formula is C18H34IN5O3. The van der Waals surface area contributed by atoms with Gasteiger partial charge in [0, 0.05) is 65.8 Å². The summed E-state index contributed by atoms with van der Waals surface area (Å²) in [6.45, 7) is 5.14. The molecule has 0 bridgehead atoms. The third kappa shape index (κ3) is 12.0. The number of rotatable bonds is 13. The molecule has 27 heavy (non-hydrogen) atoms. The molecule has 1 aromatic heterocycles. The number of nitrogens with zero attached hydrogens (tertiary/aromatic N) is 3. The summed E-state index contributed by atoms with van der Waals surface area (Å²) in [5.41, 5.74) is 0.975. The summed E-state index contributed by atoms with van der Waals surface area (Å²) in [4.78, 5) is 10.8. The molecule has 0 aliphatic carbocycles. The molecule has 0 spiro atoms. The number of ether oxygens (including phenoxy) is 3. The van der Waals surface area contributed by atoms with Crippen molar-refractivity contribution < 1.29 is 14.2 Å². The van der Waals surface area contributed by atoms with Crippen LogP contribution < -0.4 is 15.4 Å². The minimum atomic E-state index is 0. The van der Waals surface area contributed by atoms with Crippen LogP contribution in [0.3, 0.4) is 0 Å². The lowest BCUT2D eigenvalue weighted by Crippen LogP contribution is -2.40. The predicted octanol–water partition coefficient (Wildman–Crippen LogP) is 1.36. The lowest BCUT2D eigenvalue weighted by Gasteiger charge is -2.18. The molecule has 0 unspecified atom stereocenters. The average Bonchev–Trinajstić information content (AvgIpc) is 2.66. The van der Waals surface area contributed by atoms with Gasteiger partial charge in [-0.05, 0) is 19.5 Å². The SMILES string of the molecule is CN=C(NCCN(C)CCCOC)NCc1cccnc1OCCOC.I. The van der Waals surface area contributed by atoms with Crippen molar-refractivity contribution in [2.24, 2.45) is 4.99 Å².